The normalized spacial score (nSPS) is 28.0. The number of hydrogen-bond donors (Lipinski definition) is 0. The molecule has 4 nitrogen and oxygen atoms in total. The molecule has 1 saturated carbocycles. The van der Waals surface area contributed by atoms with Crippen LogP contribution in [0.5, 0.6) is 0 Å². The Labute approximate surface area is 157 Å². The van der Waals surface area contributed by atoms with Gasteiger partial charge in [0.15, 0.2) is 0 Å². The van der Waals surface area contributed by atoms with Crippen LogP contribution in [0.15, 0.2) is 24.3 Å². The minimum atomic E-state index is -0.254. The van der Waals surface area contributed by atoms with Gasteiger partial charge < -0.3 is 4.74 Å². The largest absolute Gasteiger partial charge is 0.465 e. The Hall–Kier alpha value is -1.39. The number of carbonyl (C=O) groups excluding carboxylic acids is 1. The third kappa shape index (κ3) is 3.67. The standard InChI is InChI=1S/C22H32N2O2/c1-26-22(25)19-11-9-17(10-12-19)16-24-15-14-23-13-5-8-20(23)21(24)18-6-3-2-4-7-18/h9-12,18,20-21H,2-8,13-16H2,1H3. The highest BCUT2D eigenvalue weighted by Gasteiger charge is 2.42. The van der Waals surface area contributed by atoms with Gasteiger partial charge in [-0.1, -0.05) is 31.4 Å². The van der Waals surface area contributed by atoms with Crippen LogP contribution in [0, 0.1) is 5.92 Å². The topological polar surface area (TPSA) is 32.8 Å². The smallest absolute Gasteiger partial charge is 0.337 e. The van der Waals surface area contributed by atoms with Gasteiger partial charge in [0.1, 0.15) is 0 Å². The molecule has 4 rings (SSSR count). The summed E-state index contributed by atoms with van der Waals surface area (Å²) in [5.74, 6) is 0.611. The molecule has 1 aliphatic carbocycles. The van der Waals surface area contributed by atoms with E-state index in [1.165, 1.54) is 77.3 Å². The Morgan fingerprint density at radius 2 is 1.77 bits per heavy atom. The Morgan fingerprint density at radius 3 is 2.50 bits per heavy atom. The zero-order valence-corrected chi connectivity index (χ0v) is 16.0. The van der Waals surface area contributed by atoms with Gasteiger partial charge in [-0.3, -0.25) is 9.80 Å². The highest BCUT2D eigenvalue weighted by atomic mass is 16.5. The molecule has 3 aliphatic rings. The molecular weight excluding hydrogens is 324 g/mol. The molecule has 0 bridgehead atoms. The van der Waals surface area contributed by atoms with Gasteiger partial charge in [-0.15, -0.1) is 0 Å². The van der Waals surface area contributed by atoms with Crippen LogP contribution in [0.1, 0.15) is 60.9 Å². The van der Waals surface area contributed by atoms with Crippen molar-refractivity contribution in [3.8, 4) is 0 Å². The number of benzene rings is 1. The van der Waals surface area contributed by atoms with Crippen LogP contribution >= 0.6 is 0 Å². The fourth-order valence-corrected chi connectivity index (χ4v) is 5.54. The van der Waals surface area contributed by atoms with Crippen molar-refractivity contribution in [3.05, 3.63) is 35.4 Å². The summed E-state index contributed by atoms with van der Waals surface area (Å²) in [4.78, 5) is 17.2. The van der Waals surface area contributed by atoms with Gasteiger partial charge in [-0.25, -0.2) is 4.79 Å². The van der Waals surface area contributed by atoms with Gasteiger partial charge in [-0.2, -0.15) is 0 Å². The summed E-state index contributed by atoms with van der Waals surface area (Å²) >= 11 is 0. The zero-order chi connectivity index (χ0) is 17.9. The molecule has 0 radical (unpaired) electrons. The predicted octanol–water partition coefficient (Wildman–Crippen LogP) is 3.70. The van der Waals surface area contributed by atoms with Crippen molar-refractivity contribution in [2.45, 2.75) is 63.6 Å². The fraction of sp³-hybridized carbons (Fsp3) is 0.682. The SMILES string of the molecule is COC(=O)c1ccc(CN2CCN3CCCC3C2C2CCCCC2)cc1. The second-order valence-electron chi connectivity index (χ2n) is 8.29. The molecule has 2 aliphatic heterocycles. The number of rotatable bonds is 4. The van der Waals surface area contributed by atoms with Crippen molar-refractivity contribution in [1.82, 2.24) is 9.80 Å². The summed E-state index contributed by atoms with van der Waals surface area (Å²) in [5, 5.41) is 0. The maximum absolute atomic E-state index is 11.7. The maximum atomic E-state index is 11.7. The first kappa shape index (κ1) is 18.0. The molecule has 2 unspecified atom stereocenters. The second kappa shape index (κ2) is 8.10. The molecule has 2 saturated heterocycles. The molecule has 0 amide bonds. The van der Waals surface area contributed by atoms with E-state index in [0.29, 0.717) is 11.6 Å². The molecule has 1 aromatic carbocycles. The number of nitrogens with zero attached hydrogens (tertiary/aromatic N) is 2. The average molecular weight is 357 g/mol. The molecular formula is C22H32N2O2. The Bertz CT molecular complexity index is 609. The molecule has 3 fully saturated rings. The Balaban J connectivity index is 1.50. The molecule has 1 aromatic rings. The van der Waals surface area contributed by atoms with Crippen molar-refractivity contribution in [3.63, 3.8) is 0 Å². The minimum absolute atomic E-state index is 0.254. The molecule has 4 heteroatoms. The van der Waals surface area contributed by atoms with Crippen LogP contribution in [0.25, 0.3) is 0 Å². The minimum Gasteiger partial charge on any atom is -0.465 e. The van der Waals surface area contributed by atoms with Gasteiger partial charge in [0, 0.05) is 31.7 Å². The van der Waals surface area contributed by atoms with Crippen LogP contribution in [0.2, 0.25) is 0 Å². The summed E-state index contributed by atoms with van der Waals surface area (Å²) in [6.07, 6.45) is 9.81. The van der Waals surface area contributed by atoms with E-state index in [2.05, 4.69) is 21.9 Å². The van der Waals surface area contributed by atoms with E-state index in [-0.39, 0.29) is 5.97 Å². The molecule has 2 atom stereocenters. The molecule has 0 N–H and O–H groups in total. The van der Waals surface area contributed by atoms with Crippen LogP contribution in [0.3, 0.4) is 0 Å². The number of esters is 1. The Kier molecular flexibility index (Phi) is 5.60. The third-order valence-corrected chi connectivity index (χ3v) is 6.80. The molecule has 2 heterocycles. The summed E-state index contributed by atoms with van der Waals surface area (Å²) in [5.41, 5.74) is 1.95. The first-order chi connectivity index (χ1) is 12.8. The lowest BCUT2D eigenvalue weighted by Gasteiger charge is -2.49. The molecule has 0 aromatic heterocycles. The third-order valence-electron chi connectivity index (χ3n) is 6.80. The number of piperazine rings is 1. The Morgan fingerprint density at radius 1 is 1.00 bits per heavy atom. The highest BCUT2D eigenvalue weighted by molar-refractivity contribution is 5.89. The van der Waals surface area contributed by atoms with Crippen LogP contribution in [-0.4, -0.2) is 54.6 Å². The number of hydrogen-bond acceptors (Lipinski definition) is 4. The van der Waals surface area contributed by atoms with Gasteiger partial charge >= 0.3 is 5.97 Å². The summed E-state index contributed by atoms with van der Waals surface area (Å²) in [6, 6.07) is 9.50. The monoisotopic (exact) mass is 356 g/mol. The molecule has 26 heavy (non-hydrogen) atoms. The van der Waals surface area contributed by atoms with Crippen LogP contribution in [0.4, 0.5) is 0 Å². The van der Waals surface area contributed by atoms with Gasteiger partial charge in [0.05, 0.1) is 12.7 Å². The number of fused-ring (bicyclic) bond motifs is 1. The number of carbonyl (C=O) groups is 1. The lowest BCUT2D eigenvalue weighted by molar-refractivity contribution is -0.00380. The van der Waals surface area contributed by atoms with Gasteiger partial charge in [-0.05, 0) is 55.8 Å². The average Bonchev–Trinajstić information content (AvgIpc) is 3.17. The summed E-state index contributed by atoms with van der Waals surface area (Å²) < 4.78 is 4.81. The van der Waals surface area contributed by atoms with Gasteiger partial charge in [0.2, 0.25) is 0 Å². The van der Waals surface area contributed by atoms with E-state index >= 15 is 0 Å². The first-order valence-corrected chi connectivity index (χ1v) is 10.4. The van der Waals surface area contributed by atoms with Crippen LogP contribution in [-0.2, 0) is 11.3 Å². The van der Waals surface area contributed by atoms with Crippen LogP contribution < -0.4 is 0 Å². The first-order valence-electron chi connectivity index (χ1n) is 10.4. The second-order valence-corrected chi connectivity index (χ2v) is 8.29. The highest BCUT2D eigenvalue weighted by Crippen LogP contribution is 2.38. The van der Waals surface area contributed by atoms with Crippen molar-refractivity contribution in [2.24, 2.45) is 5.92 Å². The molecule has 142 valence electrons. The maximum Gasteiger partial charge on any atom is 0.337 e. The zero-order valence-electron chi connectivity index (χ0n) is 16.0. The number of ether oxygens (including phenoxy) is 1. The lowest BCUT2D eigenvalue weighted by atomic mass is 9.78. The van der Waals surface area contributed by atoms with Crippen molar-refractivity contribution in [2.75, 3.05) is 26.7 Å². The van der Waals surface area contributed by atoms with Crippen molar-refractivity contribution >= 4 is 5.97 Å². The van der Waals surface area contributed by atoms with E-state index < -0.39 is 0 Å². The molecule has 0 spiro atoms. The van der Waals surface area contributed by atoms with Crippen molar-refractivity contribution < 1.29 is 9.53 Å². The summed E-state index contributed by atoms with van der Waals surface area (Å²) in [6.45, 7) is 4.70. The van der Waals surface area contributed by atoms with Crippen molar-refractivity contribution in [1.29, 1.82) is 0 Å². The lowest BCUT2D eigenvalue weighted by Crippen LogP contribution is -2.59. The fourth-order valence-electron chi connectivity index (χ4n) is 5.54. The van der Waals surface area contributed by atoms with E-state index in [1.54, 1.807) is 0 Å². The summed E-state index contributed by atoms with van der Waals surface area (Å²) in [7, 11) is 1.44. The van der Waals surface area contributed by atoms with E-state index in [4.69, 9.17) is 4.74 Å². The predicted molar refractivity (Wildman–Crippen MR) is 103 cm³/mol. The van der Waals surface area contributed by atoms with E-state index in [1.807, 2.05) is 12.1 Å². The van der Waals surface area contributed by atoms with E-state index in [0.717, 1.165) is 18.5 Å². The van der Waals surface area contributed by atoms with Gasteiger partial charge in [0.25, 0.3) is 0 Å². The van der Waals surface area contributed by atoms with E-state index in [9.17, 15) is 4.79 Å². The quantitative estimate of drug-likeness (QED) is 0.770. The number of methoxy groups -OCH3 is 1.